The van der Waals surface area contributed by atoms with Crippen molar-refractivity contribution in [1.29, 1.82) is 0 Å². The Kier molecular flexibility index (Phi) is 3.70. The zero-order valence-corrected chi connectivity index (χ0v) is 12.0. The van der Waals surface area contributed by atoms with Crippen LogP contribution in [0.25, 0.3) is 11.1 Å². The van der Waals surface area contributed by atoms with Crippen molar-refractivity contribution in [3.63, 3.8) is 0 Å². The second kappa shape index (κ2) is 5.63. The first-order chi connectivity index (χ1) is 9.83. The lowest BCUT2D eigenvalue weighted by Gasteiger charge is -2.12. The van der Waals surface area contributed by atoms with E-state index in [1.54, 1.807) is 6.20 Å². The van der Waals surface area contributed by atoms with Crippen LogP contribution in [-0.4, -0.2) is 18.6 Å². The number of hydrogen-bond donors (Lipinski definition) is 1. The number of nitrogens with zero attached hydrogens (tertiary/aromatic N) is 1. The summed E-state index contributed by atoms with van der Waals surface area (Å²) in [6, 6.07) is 9.11. The lowest BCUT2D eigenvalue weighted by Crippen LogP contribution is -2.12. The minimum absolute atomic E-state index is 0.480. The minimum atomic E-state index is 0.480. The fraction of sp³-hybridized carbons (Fsp3) is 0.353. The predicted molar refractivity (Wildman–Crippen MR) is 81.0 cm³/mol. The van der Waals surface area contributed by atoms with E-state index in [1.165, 1.54) is 23.1 Å². The van der Waals surface area contributed by atoms with Gasteiger partial charge in [0.15, 0.2) is 0 Å². The lowest BCUT2D eigenvalue weighted by atomic mass is 9.97. The van der Waals surface area contributed by atoms with Gasteiger partial charge in [0.1, 0.15) is 5.75 Å². The van der Waals surface area contributed by atoms with E-state index in [1.807, 2.05) is 20.2 Å². The highest BCUT2D eigenvalue weighted by molar-refractivity contribution is 5.70. The molecule has 1 heterocycles. The van der Waals surface area contributed by atoms with Crippen LogP contribution in [0.2, 0.25) is 0 Å². The molecule has 1 aromatic carbocycles. The molecule has 0 spiro atoms. The van der Waals surface area contributed by atoms with Crippen molar-refractivity contribution in [2.45, 2.75) is 25.8 Å². The molecule has 1 aliphatic rings. The lowest BCUT2D eigenvalue weighted by molar-refractivity contribution is 0.339. The van der Waals surface area contributed by atoms with Crippen LogP contribution in [0.5, 0.6) is 5.75 Å². The van der Waals surface area contributed by atoms with E-state index >= 15 is 0 Å². The second-order valence-electron chi connectivity index (χ2n) is 5.10. The summed E-state index contributed by atoms with van der Waals surface area (Å²) in [6.07, 6.45) is 5.98. The van der Waals surface area contributed by atoms with Crippen LogP contribution in [0, 0.1) is 0 Å². The highest BCUT2D eigenvalue weighted by Crippen LogP contribution is 2.37. The van der Waals surface area contributed by atoms with E-state index in [9.17, 15) is 0 Å². The molecule has 3 rings (SSSR count). The number of fused-ring (bicyclic) bond motifs is 1. The van der Waals surface area contributed by atoms with E-state index in [-0.39, 0.29) is 0 Å². The van der Waals surface area contributed by atoms with Gasteiger partial charge in [-0.15, -0.1) is 0 Å². The SMILES string of the molecule is CCOc1cncc(-c2cccc3c2CCC3NC)c1. The van der Waals surface area contributed by atoms with E-state index in [4.69, 9.17) is 4.74 Å². The van der Waals surface area contributed by atoms with Crippen molar-refractivity contribution in [2.75, 3.05) is 13.7 Å². The maximum Gasteiger partial charge on any atom is 0.138 e. The summed E-state index contributed by atoms with van der Waals surface area (Å²) in [4.78, 5) is 4.30. The molecular weight excluding hydrogens is 248 g/mol. The zero-order chi connectivity index (χ0) is 13.9. The fourth-order valence-electron chi connectivity index (χ4n) is 3.04. The summed E-state index contributed by atoms with van der Waals surface area (Å²) in [6.45, 7) is 2.66. The van der Waals surface area contributed by atoms with Crippen molar-refractivity contribution < 1.29 is 4.74 Å². The molecule has 0 aliphatic heterocycles. The monoisotopic (exact) mass is 268 g/mol. The standard InChI is InChI=1S/C17H20N2O/c1-3-20-13-9-12(10-19-11-13)14-5-4-6-16-15(14)7-8-17(16)18-2/h4-6,9-11,17-18H,3,7-8H2,1-2H3. The second-order valence-corrected chi connectivity index (χ2v) is 5.10. The number of aromatic nitrogens is 1. The van der Waals surface area contributed by atoms with Crippen molar-refractivity contribution >= 4 is 0 Å². The Hall–Kier alpha value is -1.87. The third-order valence-corrected chi connectivity index (χ3v) is 3.95. The third-order valence-electron chi connectivity index (χ3n) is 3.95. The topological polar surface area (TPSA) is 34.1 Å². The van der Waals surface area contributed by atoms with Crippen molar-refractivity contribution in [2.24, 2.45) is 0 Å². The van der Waals surface area contributed by atoms with E-state index in [0.717, 1.165) is 17.7 Å². The van der Waals surface area contributed by atoms with Crippen LogP contribution >= 0.6 is 0 Å². The van der Waals surface area contributed by atoms with Gasteiger partial charge in [-0.25, -0.2) is 0 Å². The molecule has 3 nitrogen and oxygen atoms in total. The molecule has 1 aromatic heterocycles. The molecule has 20 heavy (non-hydrogen) atoms. The number of hydrogen-bond acceptors (Lipinski definition) is 3. The molecule has 1 aliphatic carbocycles. The summed E-state index contributed by atoms with van der Waals surface area (Å²) in [7, 11) is 2.03. The summed E-state index contributed by atoms with van der Waals surface area (Å²) in [5, 5.41) is 3.39. The summed E-state index contributed by atoms with van der Waals surface area (Å²) in [5.74, 6) is 0.839. The smallest absolute Gasteiger partial charge is 0.138 e. The van der Waals surface area contributed by atoms with Gasteiger partial charge in [0.2, 0.25) is 0 Å². The van der Waals surface area contributed by atoms with Crippen molar-refractivity contribution in [1.82, 2.24) is 10.3 Å². The van der Waals surface area contributed by atoms with Gasteiger partial charge in [-0.2, -0.15) is 0 Å². The fourth-order valence-corrected chi connectivity index (χ4v) is 3.04. The zero-order valence-electron chi connectivity index (χ0n) is 12.0. The molecule has 0 bridgehead atoms. The van der Waals surface area contributed by atoms with Crippen LogP contribution in [0.3, 0.4) is 0 Å². The Balaban J connectivity index is 2.03. The largest absolute Gasteiger partial charge is 0.492 e. The molecule has 2 aromatic rings. The maximum atomic E-state index is 5.55. The predicted octanol–water partition coefficient (Wildman–Crippen LogP) is 3.35. The van der Waals surface area contributed by atoms with Gasteiger partial charge in [-0.3, -0.25) is 4.98 Å². The average Bonchev–Trinajstić information content (AvgIpc) is 2.91. The highest BCUT2D eigenvalue weighted by atomic mass is 16.5. The molecular formula is C17H20N2O. The summed E-state index contributed by atoms with van der Waals surface area (Å²) < 4.78 is 5.55. The highest BCUT2D eigenvalue weighted by Gasteiger charge is 2.23. The van der Waals surface area contributed by atoms with Gasteiger partial charge < -0.3 is 10.1 Å². The summed E-state index contributed by atoms with van der Waals surface area (Å²) >= 11 is 0. The number of rotatable bonds is 4. The van der Waals surface area contributed by atoms with E-state index in [2.05, 4.69) is 34.6 Å². The molecule has 0 amide bonds. The number of pyridine rings is 1. The van der Waals surface area contributed by atoms with Crippen LogP contribution < -0.4 is 10.1 Å². The van der Waals surface area contributed by atoms with Crippen LogP contribution in [0.4, 0.5) is 0 Å². The van der Waals surface area contributed by atoms with E-state index < -0.39 is 0 Å². The quantitative estimate of drug-likeness (QED) is 0.923. The molecule has 1 atom stereocenters. The van der Waals surface area contributed by atoms with Crippen molar-refractivity contribution in [3.05, 3.63) is 47.8 Å². The number of ether oxygens (including phenoxy) is 1. The Bertz CT molecular complexity index is 610. The molecule has 104 valence electrons. The first-order valence-electron chi connectivity index (χ1n) is 7.20. The summed E-state index contributed by atoms with van der Waals surface area (Å²) in [5.41, 5.74) is 5.30. The van der Waals surface area contributed by atoms with Crippen molar-refractivity contribution in [3.8, 4) is 16.9 Å². The Morgan fingerprint density at radius 2 is 2.25 bits per heavy atom. The van der Waals surface area contributed by atoms with Gasteiger partial charge in [-0.1, -0.05) is 18.2 Å². The molecule has 0 saturated carbocycles. The van der Waals surface area contributed by atoms with E-state index in [0.29, 0.717) is 12.6 Å². The first kappa shape index (κ1) is 13.1. The Morgan fingerprint density at radius 1 is 1.35 bits per heavy atom. The average molecular weight is 268 g/mol. The molecule has 0 saturated heterocycles. The number of nitrogens with one attached hydrogen (secondary N) is 1. The maximum absolute atomic E-state index is 5.55. The normalized spacial score (nSPS) is 17.0. The molecule has 3 heteroatoms. The van der Waals surface area contributed by atoms with Crippen LogP contribution in [-0.2, 0) is 6.42 Å². The van der Waals surface area contributed by atoms with Crippen LogP contribution in [0.15, 0.2) is 36.7 Å². The third kappa shape index (κ3) is 2.29. The van der Waals surface area contributed by atoms with Crippen LogP contribution in [0.1, 0.15) is 30.5 Å². The van der Waals surface area contributed by atoms with Gasteiger partial charge in [0, 0.05) is 17.8 Å². The minimum Gasteiger partial charge on any atom is -0.492 e. The van der Waals surface area contributed by atoms with Gasteiger partial charge in [0.25, 0.3) is 0 Å². The molecule has 1 N–H and O–H groups in total. The Morgan fingerprint density at radius 3 is 3.05 bits per heavy atom. The van der Waals surface area contributed by atoms with Gasteiger partial charge in [-0.05, 0) is 49.6 Å². The molecule has 0 radical (unpaired) electrons. The first-order valence-corrected chi connectivity index (χ1v) is 7.20. The molecule has 1 unspecified atom stereocenters. The number of benzene rings is 1. The van der Waals surface area contributed by atoms with Gasteiger partial charge in [0.05, 0.1) is 12.8 Å². The Labute approximate surface area is 120 Å². The van der Waals surface area contributed by atoms with Gasteiger partial charge >= 0.3 is 0 Å². The molecule has 0 fully saturated rings.